The molecule has 3 heterocycles. The fourth-order valence-electron chi connectivity index (χ4n) is 3.84. The van der Waals surface area contributed by atoms with Gasteiger partial charge in [-0.3, -0.25) is 0 Å². The first kappa shape index (κ1) is 10.3. The number of piperidine rings is 3. The largest absolute Gasteiger partial charge is 0.320 e. The van der Waals surface area contributed by atoms with Gasteiger partial charge in [-0.25, -0.2) is 0 Å². The number of rotatable bonds is 2. The Kier molecular flexibility index (Phi) is 2.51. The van der Waals surface area contributed by atoms with Crippen LogP contribution in [0.1, 0.15) is 25.3 Å². The highest BCUT2D eigenvalue weighted by molar-refractivity contribution is 5.13. The van der Waals surface area contributed by atoms with Crippen LogP contribution in [0.25, 0.3) is 0 Å². The lowest BCUT2D eigenvalue weighted by molar-refractivity contribution is -0.958. The Labute approximate surface area is 98.7 Å². The van der Waals surface area contributed by atoms with Gasteiger partial charge in [0, 0.05) is 24.3 Å². The predicted molar refractivity (Wildman–Crippen MR) is 66.9 cm³/mol. The van der Waals surface area contributed by atoms with Gasteiger partial charge in [-0.15, -0.1) is 0 Å². The molecule has 86 valence electrons. The Hall–Kier alpha value is -0.820. The maximum absolute atomic E-state index is 2.46. The molecule has 1 aromatic carbocycles. The number of nitrogens with zero attached hydrogens (tertiary/aromatic N) is 1. The first-order valence-electron chi connectivity index (χ1n) is 6.66. The Balaban J connectivity index is 1.78. The van der Waals surface area contributed by atoms with Crippen LogP contribution in [-0.4, -0.2) is 24.1 Å². The highest BCUT2D eigenvalue weighted by Gasteiger charge is 2.43. The van der Waals surface area contributed by atoms with Crippen molar-refractivity contribution in [2.45, 2.75) is 26.3 Å². The van der Waals surface area contributed by atoms with E-state index in [1.165, 1.54) is 49.1 Å². The van der Waals surface area contributed by atoms with Crippen LogP contribution in [0.3, 0.4) is 0 Å². The van der Waals surface area contributed by atoms with Crippen molar-refractivity contribution in [3.8, 4) is 0 Å². The molecule has 4 rings (SSSR count). The van der Waals surface area contributed by atoms with E-state index in [4.69, 9.17) is 0 Å². The summed E-state index contributed by atoms with van der Waals surface area (Å²) in [5.41, 5.74) is 1.52. The third kappa shape index (κ3) is 1.78. The molecule has 0 amide bonds. The van der Waals surface area contributed by atoms with Crippen LogP contribution in [0.4, 0.5) is 0 Å². The van der Waals surface area contributed by atoms with Crippen molar-refractivity contribution in [3.05, 3.63) is 35.9 Å². The van der Waals surface area contributed by atoms with E-state index in [-0.39, 0.29) is 0 Å². The quantitative estimate of drug-likeness (QED) is 0.667. The molecule has 0 radical (unpaired) electrons. The molecule has 1 nitrogen and oxygen atoms in total. The summed E-state index contributed by atoms with van der Waals surface area (Å²) in [6.45, 7) is 7.98. The Morgan fingerprint density at radius 1 is 1.12 bits per heavy atom. The molecule has 3 fully saturated rings. The van der Waals surface area contributed by atoms with Crippen LogP contribution >= 0.6 is 0 Å². The van der Waals surface area contributed by atoms with Gasteiger partial charge < -0.3 is 4.48 Å². The molecule has 1 unspecified atom stereocenters. The average molecular weight is 216 g/mol. The minimum absolute atomic E-state index is 0.950. The summed E-state index contributed by atoms with van der Waals surface area (Å²) in [5, 5.41) is 0. The number of fused-ring (bicyclic) bond motifs is 3. The molecule has 0 spiro atoms. The van der Waals surface area contributed by atoms with Gasteiger partial charge in [-0.05, 0) is 5.92 Å². The third-order valence-electron chi connectivity index (χ3n) is 4.79. The average Bonchev–Trinajstić information content (AvgIpc) is 2.31. The zero-order chi connectivity index (χ0) is 11.0. The second kappa shape index (κ2) is 3.89. The first-order chi connectivity index (χ1) is 7.77. The summed E-state index contributed by atoms with van der Waals surface area (Å²) in [5.74, 6) is 1.99. The van der Waals surface area contributed by atoms with Crippen LogP contribution in [0.2, 0.25) is 0 Å². The number of quaternary nitrogens is 1. The normalized spacial score (nSPS) is 37.6. The van der Waals surface area contributed by atoms with Gasteiger partial charge in [0.15, 0.2) is 0 Å². The van der Waals surface area contributed by atoms with Crippen molar-refractivity contribution >= 4 is 0 Å². The summed E-state index contributed by atoms with van der Waals surface area (Å²) in [7, 11) is 0. The summed E-state index contributed by atoms with van der Waals surface area (Å²) >= 11 is 0. The van der Waals surface area contributed by atoms with Gasteiger partial charge in [0.05, 0.1) is 19.6 Å². The van der Waals surface area contributed by atoms with Gasteiger partial charge in [0.2, 0.25) is 0 Å². The molecule has 1 aromatic rings. The maximum atomic E-state index is 2.46. The van der Waals surface area contributed by atoms with Gasteiger partial charge in [-0.1, -0.05) is 37.3 Å². The lowest BCUT2D eigenvalue weighted by atomic mass is 9.78. The molecule has 0 N–H and O–H groups in total. The van der Waals surface area contributed by atoms with Crippen LogP contribution < -0.4 is 0 Å². The maximum Gasteiger partial charge on any atom is 0.104 e. The van der Waals surface area contributed by atoms with E-state index in [0.29, 0.717) is 0 Å². The Morgan fingerprint density at radius 3 is 2.44 bits per heavy atom. The fraction of sp³-hybridized carbons (Fsp3) is 0.600. The van der Waals surface area contributed by atoms with E-state index in [0.717, 1.165) is 11.8 Å². The number of hydrogen-bond acceptors (Lipinski definition) is 0. The molecule has 0 aliphatic carbocycles. The van der Waals surface area contributed by atoms with Crippen molar-refractivity contribution < 1.29 is 4.48 Å². The molecule has 3 saturated heterocycles. The zero-order valence-corrected chi connectivity index (χ0v) is 10.2. The van der Waals surface area contributed by atoms with Crippen LogP contribution in [-0.2, 0) is 6.54 Å². The third-order valence-corrected chi connectivity index (χ3v) is 4.79. The molecular weight excluding hydrogens is 194 g/mol. The van der Waals surface area contributed by atoms with Gasteiger partial charge in [0.1, 0.15) is 6.54 Å². The van der Waals surface area contributed by atoms with Crippen LogP contribution in [0.15, 0.2) is 30.3 Å². The molecule has 16 heavy (non-hydrogen) atoms. The summed E-state index contributed by atoms with van der Waals surface area (Å²) in [6, 6.07) is 11.0. The zero-order valence-electron chi connectivity index (χ0n) is 10.2. The van der Waals surface area contributed by atoms with Crippen molar-refractivity contribution in [2.24, 2.45) is 11.8 Å². The van der Waals surface area contributed by atoms with E-state index in [9.17, 15) is 0 Å². The van der Waals surface area contributed by atoms with E-state index in [1.807, 2.05) is 0 Å². The van der Waals surface area contributed by atoms with Crippen LogP contribution in [0.5, 0.6) is 0 Å². The fourth-order valence-corrected chi connectivity index (χ4v) is 3.84. The summed E-state index contributed by atoms with van der Waals surface area (Å²) < 4.78 is 1.36. The minimum Gasteiger partial charge on any atom is -0.320 e. The molecule has 3 aliphatic heterocycles. The van der Waals surface area contributed by atoms with E-state index in [1.54, 1.807) is 0 Å². The minimum atomic E-state index is 0.950. The standard InChI is InChI=1S/C15H22N/c1-13-11-16(9-7-15(13)8-10-16)12-14-5-3-2-4-6-14/h2-6,13,15H,7-12H2,1H3/q+1. The van der Waals surface area contributed by atoms with Crippen molar-refractivity contribution in [3.63, 3.8) is 0 Å². The van der Waals surface area contributed by atoms with Gasteiger partial charge in [0.25, 0.3) is 0 Å². The summed E-state index contributed by atoms with van der Waals surface area (Å²) in [4.78, 5) is 0. The van der Waals surface area contributed by atoms with Gasteiger partial charge in [-0.2, -0.15) is 0 Å². The van der Waals surface area contributed by atoms with Gasteiger partial charge >= 0.3 is 0 Å². The molecule has 0 saturated carbocycles. The number of hydrogen-bond donors (Lipinski definition) is 0. The molecule has 1 atom stereocenters. The highest BCUT2D eigenvalue weighted by Crippen LogP contribution is 2.38. The second-order valence-corrected chi connectivity index (χ2v) is 5.93. The van der Waals surface area contributed by atoms with E-state index < -0.39 is 0 Å². The van der Waals surface area contributed by atoms with Crippen molar-refractivity contribution in [2.75, 3.05) is 19.6 Å². The Morgan fingerprint density at radius 2 is 1.81 bits per heavy atom. The predicted octanol–water partition coefficient (Wildman–Crippen LogP) is 3.06. The molecule has 1 heteroatoms. The number of benzene rings is 1. The van der Waals surface area contributed by atoms with E-state index in [2.05, 4.69) is 37.3 Å². The Bertz CT molecular complexity index is 349. The topological polar surface area (TPSA) is 0 Å². The molecule has 3 aliphatic rings. The molecular formula is C15H22N+. The SMILES string of the molecule is CC1C[N+]2(Cc3ccccc3)CCC1CC2. The lowest BCUT2D eigenvalue weighted by Crippen LogP contribution is -2.60. The van der Waals surface area contributed by atoms with E-state index >= 15 is 0 Å². The molecule has 0 aromatic heterocycles. The second-order valence-electron chi connectivity index (χ2n) is 5.93. The highest BCUT2D eigenvalue weighted by atomic mass is 15.4. The monoisotopic (exact) mass is 216 g/mol. The smallest absolute Gasteiger partial charge is 0.104 e. The summed E-state index contributed by atoms with van der Waals surface area (Å²) in [6.07, 6.45) is 2.93. The lowest BCUT2D eigenvalue weighted by Gasteiger charge is -2.52. The van der Waals surface area contributed by atoms with Crippen molar-refractivity contribution in [1.82, 2.24) is 0 Å². The first-order valence-corrected chi connectivity index (χ1v) is 6.66. The molecule has 2 bridgehead atoms. The van der Waals surface area contributed by atoms with Crippen LogP contribution in [0, 0.1) is 11.8 Å². The van der Waals surface area contributed by atoms with Crippen molar-refractivity contribution in [1.29, 1.82) is 0 Å².